The smallest absolute Gasteiger partial charge is 0.416 e. The summed E-state index contributed by atoms with van der Waals surface area (Å²) in [5.74, 6) is -0.131. The average Bonchev–Trinajstić information content (AvgIpc) is 3.31. The van der Waals surface area contributed by atoms with E-state index in [0.29, 0.717) is 27.7 Å². The van der Waals surface area contributed by atoms with Crippen molar-refractivity contribution in [1.29, 1.82) is 5.26 Å². The van der Waals surface area contributed by atoms with E-state index in [1.165, 1.54) is 6.07 Å². The summed E-state index contributed by atoms with van der Waals surface area (Å²) in [6, 6.07) is 16.8. The molecule has 0 radical (unpaired) electrons. The molecule has 0 saturated heterocycles. The first-order valence-corrected chi connectivity index (χ1v) is 12.7. The first-order chi connectivity index (χ1) is 19.0. The fraction of sp³-hybridized carbons (Fsp3) is 0.250. The number of carbonyl (C=O) groups is 1. The molecule has 3 aromatic rings. The van der Waals surface area contributed by atoms with Crippen molar-refractivity contribution in [2.24, 2.45) is 4.99 Å². The normalized spacial score (nSPS) is 16.4. The number of halogens is 5. The Morgan fingerprint density at radius 2 is 1.65 bits per heavy atom. The Balaban J connectivity index is 0.000000810. The molecule has 0 saturated carbocycles. The zero-order valence-electron chi connectivity index (χ0n) is 21.4. The van der Waals surface area contributed by atoms with Gasteiger partial charge >= 0.3 is 12.3 Å². The number of benzene rings is 3. The summed E-state index contributed by atoms with van der Waals surface area (Å²) in [6.45, 7) is 2.15. The minimum absolute atomic E-state index is 0.0189. The number of aliphatic imine (C=N–C) groups is 1. The van der Waals surface area contributed by atoms with Gasteiger partial charge < -0.3 is 15.2 Å². The van der Waals surface area contributed by atoms with Crippen LogP contribution in [0.2, 0.25) is 10.0 Å². The van der Waals surface area contributed by atoms with E-state index in [1.54, 1.807) is 62.5 Å². The quantitative estimate of drug-likeness (QED) is 0.291. The van der Waals surface area contributed by atoms with Crippen molar-refractivity contribution >= 4 is 35.1 Å². The fourth-order valence-corrected chi connectivity index (χ4v) is 4.34. The molecule has 4 rings (SSSR count). The summed E-state index contributed by atoms with van der Waals surface area (Å²) in [4.78, 5) is 18.3. The number of hydrogen-bond acceptors (Lipinski definition) is 5. The van der Waals surface area contributed by atoms with Crippen molar-refractivity contribution < 1.29 is 27.8 Å². The zero-order valence-corrected chi connectivity index (χ0v) is 22.9. The van der Waals surface area contributed by atoms with Crippen LogP contribution in [0.25, 0.3) is 0 Å². The van der Waals surface area contributed by atoms with Crippen LogP contribution in [0.3, 0.4) is 0 Å². The second kappa shape index (κ2) is 13.5. The molecule has 7 nitrogen and oxygen atoms in total. The van der Waals surface area contributed by atoms with E-state index >= 15 is 0 Å². The minimum atomic E-state index is -4.59. The molecular formula is C28H25Cl2F3N4O3. The van der Waals surface area contributed by atoms with Crippen molar-refractivity contribution in [2.75, 3.05) is 20.2 Å². The maximum absolute atomic E-state index is 13.3. The van der Waals surface area contributed by atoms with Crippen LogP contribution in [-0.2, 0) is 6.18 Å². The van der Waals surface area contributed by atoms with Gasteiger partial charge in [-0.05, 0) is 67.6 Å². The molecule has 0 aliphatic carbocycles. The zero-order chi connectivity index (χ0) is 29.4. The first kappa shape index (κ1) is 30.8. The molecule has 2 N–H and O–H groups in total. The molecule has 1 aliphatic heterocycles. The third kappa shape index (κ3) is 7.24. The highest BCUT2D eigenvalue weighted by Gasteiger charge is 2.43. The van der Waals surface area contributed by atoms with Crippen LogP contribution in [-0.4, -0.2) is 42.1 Å². The van der Waals surface area contributed by atoms with Crippen molar-refractivity contribution in [3.05, 3.63) is 99.0 Å². The molecule has 0 fully saturated rings. The maximum Gasteiger partial charge on any atom is 0.416 e. The number of nitriles is 1. The minimum Gasteiger partial charge on any atom is -0.493 e. The molecule has 0 aromatic heterocycles. The lowest BCUT2D eigenvalue weighted by atomic mass is 9.94. The van der Waals surface area contributed by atoms with Crippen LogP contribution in [0.1, 0.15) is 41.3 Å². The summed E-state index contributed by atoms with van der Waals surface area (Å²) in [5, 5.41) is 21.6. The fourth-order valence-electron chi connectivity index (χ4n) is 4.09. The third-order valence-corrected chi connectivity index (χ3v) is 6.31. The molecule has 12 heteroatoms. The number of nitrogens with one attached hydrogen (secondary N) is 1. The second-order valence-corrected chi connectivity index (χ2v) is 9.30. The number of amides is 1. The van der Waals surface area contributed by atoms with Crippen LogP contribution >= 0.6 is 23.2 Å². The SMILES string of the molecule is CCOc1cc(C(F)(F)F)ccc1C1=NC(c2ccc(Cl)cc2)C(c2ccc(Cl)cc2)N1C(=O)O.CNCC#N. The summed E-state index contributed by atoms with van der Waals surface area (Å²) < 4.78 is 45.5. The molecule has 0 spiro atoms. The lowest BCUT2D eigenvalue weighted by Crippen LogP contribution is -2.37. The van der Waals surface area contributed by atoms with E-state index in [1.807, 2.05) is 6.07 Å². The van der Waals surface area contributed by atoms with Crippen molar-refractivity contribution in [3.63, 3.8) is 0 Å². The maximum atomic E-state index is 13.3. The van der Waals surface area contributed by atoms with E-state index in [4.69, 9.17) is 38.2 Å². The van der Waals surface area contributed by atoms with Gasteiger partial charge in [0.25, 0.3) is 0 Å². The molecule has 3 aromatic carbocycles. The Hall–Kier alpha value is -3.78. The summed E-state index contributed by atoms with van der Waals surface area (Å²) in [6.07, 6.45) is -5.91. The molecule has 0 bridgehead atoms. The predicted molar refractivity (Wildman–Crippen MR) is 147 cm³/mol. The van der Waals surface area contributed by atoms with Gasteiger partial charge in [-0.2, -0.15) is 18.4 Å². The number of hydrogen-bond donors (Lipinski definition) is 2. The van der Waals surface area contributed by atoms with Crippen molar-refractivity contribution in [3.8, 4) is 11.8 Å². The van der Waals surface area contributed by atoms with Gasteiger partial charge in [0.05, 0.1) is 36.4 Å². The van der Waals surface area contributed by atoms with Gasteiger partial charge in [0.2, 0.25) is 0 Å². The summed E-state index contributed by atoms with van der Waals surface area (Å²) in [5.41, 5.74) is 0.521. The van der Waals surface area contributed by atoms with Crippen LogP contribution in [0.5, 0.6) is 5.75 Å². The predicted octanol–water partition coefficient (Wildman–Crippen LogP) is 7.36. The largest absolute Gasteiger partial charge is 0.493 e. The molecule has 1 heterocycles. The van der Waals surface area contributed by atoms with Gasteiger partial charge in [-0.15, -0.1) is 0 Å². The van der Waals surface area contributed by atoms with Gasteiger partial charge in [0.15, 0.2) is 0 Å². The van der Waals surface area contributed by atoms with Crippen LogP contribution in [0.4, 0.5) is 18.0 Å². The Kier molecular flexibility index (Phi) is 10.4. The van der Waals surface area contributed by atoms with Gasteiger partial charge in [-0.3, -0.25) is 9.89 Å². The van der Waals surface area contributed by atoms with Gasteiger partial charge in [0.1, 0.15) is 17.6 Å². The average molecular weight is 593 g/mol. The highest BCUT2D eigenvalue weighted by Crippen LogP contribution is 2.45. The number of carboxylic acid groups (broad SMARTS) is 1. The summed E-state index contributed by atoms with van der Waals surface area (Å²) in [7, 11) is 1.74. The van der Waals surface area contributed by atoms with E-state index in [9.17, 15) is 23.1 Å². The van der Waals surface area contributed by atoms with Crippen molar-refractivity contribution in [1.82, 2.24) is 10.2 Å². The van der Waals surface area contributed by atoms with Crippen LogP contribution in [0, 0.1) is 11.3 Å². The van der Waals surface area contributed by atoms with Crippen LogP contribution in [0.15, 0.2) is 71.7 Å². The Morgan fingerprint density at radius 1 is 1.07 bits per heavy atom. The van der Waals surface area contributed by atoms with E-state index in [-0.39, 0.29) is 23.8 Å². The van der Waals surface area contributed by atoms with E-state index in [2.05, 4.69) is 5.32 Å². The van der Waals surface area contributed by atoms with E-state index in [0.717, 1.165) is 17.0 Å². The van der Waals surface area contributed by atoms with Gasteiger partial charge in [-0.25, -0.2) is 4.79 Å². The molecule has 40 heavy (non-hydrogen) atoms. The van der Waals surface area contributed by atoms with Gasteiger partial charge in [-0.1, -0.05) is 47.5 Å². The number of ether oxygens (including phenoxy) is 1. The van der Waals surface area contributed by atoms with Gasteiger partial charge in [0, 0.05) is 10.0 Å². The Morgan fingerprint density at radius 3 is 2.10 bits per heavy atom. The Labute approximate surface area is 239 Å². The molecule has 2 unspecified atom stereocenters. The van der Waals surface area contributed by atoms with Crippen molar-refractivity contribution in [2.45, 2.75) is 25.2 Å². The molecule has 2 atom stereocenters. The standard InChI is InChI=1S/C25H19Cl2F3N2O3.C3H6N2/c1-2-35-20-13-16(25(28,29)30)7-12-19(20)23-31-21(14-3-8-17(26)9-4-14)22(32(23)24(33)34)15-5-10-18(27)11-6-15;1-5-3-2-4/h3-13,21-22H,2H2,1H3,(H,33,34);5H,3H2,1H3. The number of amidine groups is 1. The number of rotatable bonds is 6. The highest BCUT2D eigenvalue weighted by molar-refractivity contribution is 6.30. The third-order valence-electron chi connectivity index (χ3n) is 5.80. The Bertz CT molecular complexity index is 1390. The molecule has 1 aliphatic rings. The lowest BCUT2D eigenvalue weighted by molar-refractivity contribution is -0.137. The first-order valence-electron chi connectivity index (χ1n) is 12.0. The van der Waals surface area contributed by atoms with Crippen LogP contribution < -0.4 is 10.1 Å². The molecule has 1 amide bonds. The summed E-state index contributed by atoms with van der Waals surface area (Å²) >= 11 is 12.1. The lowest BCUT2D eigenvalue weighted by Gasteiger charge is -2.27. The molecule has 210 valence electrons. The topological polar surface area (TPSA) is 97.9 Å². The number of nitrogens with zero attached hydrogens (tertiary/aromatic N) is 3. The van der Waals surface area contributed by atoms with E-state index < -0.39 is 29.9 Å². The number of alkyl halides is 3. The second-order valence-electron chi connectivity index (χ2n) is 8.43. The molecular weight excluding hydrogens is 568 g/mol. The monoisotopic (exact) mass is 592 g/mol. The highest BCUT2D eigenvalue weighted by atomic mass is 35.5.